The Morgan fingerprint density at radius 1 is 1.10 bits per heavy atom. The van der Waals surface area contributed by atoms with Crippen LogP contribution >= 0.6 is 11.6 Å². The summed E-state index contributed by atoms with van der Waals surface area (Å²) >= 11 is 5.85. The van der Waals surface area contributed by atoms with Gasteiger partial charge in [-0.3, -0.25) is 0 Å². The third-order valence-electron chi connectivity index (χ3n) is 3.61. The van der Waals surface area contributed by atoms with Crippen molar-refractivity contribution in [2.75, 3.05) is 6.54 Å². The van der Waals surface area contributed by atoms with Crippen molar-refractivity contribution in [3.8, 4) is 0 Å². The molecule has 1 atom stereocenters. The molecule has 0 aromatic heterocycles. The van der Waals surface area contributed by atoms with Crippen molar-refractivity contribution in [3.63, 3.8) is 0 Å². The summed E-state index contributed by atoms with van der Waals surface area (Å²) in [5.74, 6) is -0.290. The Bertz CT molecular complexity index is 556. The summed E-state index contributed by atoms with van der Waals surface area (Å²) in [5, 5.41) is 3.64. The second-order valence-electron chi connectivity index (χ2n) is 5.20. The van der Waals surface area contributed by atoms with Gasteiger partial charge in [0.05, 0.1) is 5.02 Å². The van der Waals surface area contributed by atoms with Gasteiger partial charge in [0.15, 0.2) is 0 Å². The summed E-state index contributed by atoms with van der Waals surface area (Å²) in [4.78, 5) is 0. The maximum atomic E-state index is 14.0. The van der Waals surface area contributed by atoms with Gasteiger partial charge in [0.2, 0.25) is 0 Å². The molecule has 0 saturated carbocycles. The van der Waals surface area contributed by atoms with Crippen LogP contribution in [0.2, 0.25) is 5.02 Å². The molecule has 0 aliphatic carbocycles. The van der Waals surface area contributed by atoms with Gasteiger partial charge < -0.3 is 5.32 Å². The minimum atomic E-state index is -0.290. The lowest BCUT2D eigenvalue weighted by Crippen LogP contribution is -2.31. The monoisotopic (exact) mass is 305 g/mol. The summed E-state index contributed by atoms with van der Waals surface area (Å²) in [6, 6.07) is 15.8. The van der Waals surface area contributed by atoms with E-state index < -0.39 is 0 Å². The second-order valence-corrected chi connectivity index (χ2v) is 5.60. The summed E-state index contributed by atoms with van der Waals surface area (Å²) < 4.78 is 14.0. The van der Waals surface area contributed by atoms with Crippen LogP contribution in [0.4, 0.5) is 4.39 Å². The second kappa shape index (κ2) is 8.16. The van der Waals surface area contributed by atoms with Gasteiger partial charge in [0, 0.05) is 6.04 Å². The summed E-state index contributed by atoms with van der Waals surface area (Å²) in [6.45, 7) is 2.95. The van der Waals surface area contributed by atoms with Crippen molar-refractivity contribution in [3.05, 3.63) is 70.5 Å². The fraction of sp³-hybridized carbons (Fsp3) is 0.333. The van der Waals surface area contributed by atoms with Gasteiger partial charge in [0.25, 0.3) is 0 Å². The molecule has 0 amide bonds. The lowest BCUT2D eigenvalue weighted by molar-refractivity contribution is 0.480. The van der Waals surface area contributed by atoms with Crippen LogP contribution in [-0.2, 0) is 12.8 Å². The highest BCUT2D eigenvalue weighted by molar-refractivity contribution is 6.30. The largest absolute Gasteiger partial charge is 0.314 e. The van der Waals surface area contributed by atoms with Crippen LogP contribution in [0.15, 0.2) is 48.5 Å². The van der Waals surface area contributed by atoms with Gasteiger partial charge in [-0.15, -0.1) is 0 Å². The number of hydrogen-bond donors (Lipinski definition) is 1. The zero-order valence-corrected chi connectivity index (χ0v) is 13.0. The normalized spacial score (nSPS) is 12.3. The smallest absolute Gasteiger partial charge is 0.145 e. The molecule has 2 rings (SSSR count). The minimum Gasteiger partial charge on any atom is -0.314 e. The highest BCUT2D eigenvalue weighted by atomic mass is 35.5. The average molecular weight is 306 g/mol. The number of halogens is 2. The standard InChI is InChI=1S/C18H21ClFN/c1-2-21-16(12-11-14-7-4-3-5-8-14)13-15-9-6-10-17(19)18(15)20/h3-10,16,21H,2,11-13H2,1H3. The van der Waals surface area contributed by atoms with Gasteiger partial charge in [0.1, 0.15) is 5.82 Å². The first-order chi connectivity index (χ1) is 10.2. The van der Waals surface area contributed by atoms with Crippen LogP contribution < -0.4 is 5.32 Å². The molecule has 1 unspecified atom stereocenters. The van der Waals surface area contributed by atoms with Crippen molar-refractivity contribution in [2.24, 2.45) is 0 Å². The van der Waals surface area contributed by atoms with Crippen LogP contribution in [0.1, 0.15) is 24.5 Å². The van der Waals surface area contributed by atoms with Crippen molar-refractivity contribution in [2.45, 2.75) is 32.2 Å². The van der Waals surface area contributed by atoms with E-state index in [1.54, 1.807) is 12.1 Å². The van der Waals surface area contributed by atoms with E-state index in [9.17, 15) is 4.39 Å². The van der Waals surface area contributed by atoms with Crippen molar-refractivity contribution < 1.29 is 4.39 Å². The van der Waals surface area contributed by atoms with E-state index in [1.807, 2.05) is 24.3 Å². The van der Waals surface area contributed by atoms with E-state index >= 15 is 0 Å². The SMILES string of the molecule is CCNC(CCc1ccccc1)Cc1cccc(Cl)c1F. The molecular formula is C18H21ClFN. The Balaban J connectivity index is 2.00. The van der Waals surface area contributed by atoms with Crippen LogP contribution in [-0.4, -0.2) is 12.6 Å². The fourth-order valence-electron chi connectivity index (χ4n) is 2.52. The average Bonchev–Trinajstić information content (AvgIpc) is 2.50. The van der Waals surface area contributed by atoms with Crippen molar-refractivity contribution >= 4 is 11.6 Å². The summed E-state index contributed by atoms with van der Waals surface area (Å²) in [7, 11) is 0. The quantitative estimate of drug-likeness (QED) is 0.786. The highest BCUT2D eigenvalue weighted by Gasteiger charge is 2.13. The third kappa shape index (κ3) is 4.83. The Morgan fingerprint density at radius 3 is 2.57 bits per heavy atom. The number of rotatable bonds is 7. The minimum absolute atomic E-state index is 0.200. The molecule has 0 fully saturated rings. The zero-order valence-electron chi connectivity index (χ0n) is 12.3. The van der Waals surface area contributed by atoms with Crippen LogP contribution in [0.5, 0.6) is 0 Å². The molecule has 112 valence electrons. The number of likely N-dealkylation sites (N-methyl/N-ethyl adjacent to an activating group) is 1. The van der Waals surface area contributed by atoms with E-state index in [4.69, 9.17) is 11.6 Å². The molecule has 1 N–H and O–H groups in total. The molecule has 0 bridgehead atoms. The lowest BCUT2D eigenvalue weighted by Gasteiger charge is -2.18. The lowest BCUT2D eigenvalue weighted by atomic mass is 9.98. The maximum absolute atomic E-state index is 14.0. The third-order valence-corrected chi connectivity index (χ3v) is 3.91. The fourth-order valence-corrected chi connectivity index (χ4v) is 2.72. The molecular weight excluding hydrogens is 285 g/mol. The predicted octanol–water partition coefficient (Wildman–Crippen LogP) is 4.63. The molecule has 0 spiro atoms. The highest BCUT2D eigenvalue weighted by Crippen LogP contribution is 2.20. The Morgan fingerprint density at radius 2 is 1.86 bits per heavy atom. The molecule has 0 aliphatic heterocycles. The number of hydrogen-bond acceptors (Lipinski definition) is 1. The molecule has 21 heavy (non-hydrogen) atoms. The Labute approximate surface area is 131 Å². The molecule has 1 nitrogen and oxygen atoms in total. The maximum Gasteiger partial charge on any atom is 0.145 e. The number of aryl methyl sites for hydroxylation is 1. The van der Waals surface area contributed by atoms with Crippen LogP contribution in [0.3, 0.4) is 0 Å². The van der Waals surface area contributed by atoms with Gasteiger partial charge in [-0.2, -0.15) is 0 Å². The number of benzene rings is 2. The van der Waals surface area contributed by atoms with E-state index in [1.165, 1.54) is 5.56 Å². The van der Waals surface area contributed by atoms with Crippen molar-refractivity contribution in [1.82, 2.24) is 5.32 Å². The Hall–Kier alpha value is -1.38. The van der Waals surface area contributed by atoms with Gasteiger partial charge in [-0.1, -0.05) is 61.0 Å². The molecule has 0 radical (unpaired) electrons. The molecule has 2 aromatic rings. The van der Waals surface area contributed by atoms with E-state index in [0.29, 0.717) is 12.0 Å². The summed E-state index contributed by atoms with van der Waals surface area (Å²) in [5.41, 5.74) is 1.99. The Kier molecular flexibility index (Phi) is 6.21. The van der Waals surface area contributed by atoms with Gasteiger partial charge >= 0.3 is 0 Å². The summed E-state index contributed by atoms with van der Waals surface area (Å²) in [6.07, 6.45) is 2.62. The van der Waals surface area contributed by atoms with E-state index in [0.717, 1.165) is 19.4 Å². The van der Waals surface area contributed by atoms with Gasteiger partial charge in [-0.05, 0) is 43.0 Å². The first-order valence-electron chi connectivity index (χ1n) is 7.41. The first-order valence-corrected chi connectivity index (χ1v) is 7.78. The van der Waals surface area contributed by atoms with Gasteiger partial charge in [-0.25, -0.2) is 4.39 Å². The van der Waals surface area contributed by atoms with Crippen molar-refractivity contribution in [1.29, 1.82) is 0 Å². The predicted molar refractivity (Wildman–Crippen MR) is 87.3 cm³/mol. The van der Waals surface area contributed by atoms with Crippen LogP contribution in [0.25, 0.3) is 0 Å². The molecule has 2 aromatic carbocycles. The molecule has 0 aliphatic rings. The molecule has 3 heteroatoms. The number of nitrogens with one attached hydrogen (secondary N) is 1. The first kappa shape index (κ1) is 16.0. The zero-order chi connectivity index (χ0) is 15.1. The molecule has 0 heterocycles. The molecule has 0 saturated heterocycles. The van der Waals surface area contributed by atoms with E-state index in [2.05, 4.69) is 24.4 Å². The van der Waals surface area contributed by atoms with E-state index in [-0.39, 0.29) is 16.9 Å². The topological polar surface area (TPSA) is 12.0 Å². The van der Waals surface area contributed by atoms with Crippen LogP contribution in [0, 0.1) is 5.82 Å².